The van der Waals surface area contributed by atoms with Crippen LogP contribution in [0.2, 0.25) is 0 Å². The number of hydrogen-bond donors (Lipinski definition) is 1. The van der Waals surface area contributed by atoms with Crippen LogP contribution in [0.4, 0.5) is 5.13 Å². The number of hydrogen-bond acceptors (Lipinski definition) is 7. The Morgan fingerprint density at radius 1 is 1.30 bits per heavy atom. The number of carbonyl (C=O) groups is 1. The van der Waals surface area contributed by atoms with E-state index in [-0.39, 0.29) is 23.2 Å². The Morgan fingerprint density at radius 3 is 2.87 bits per heavy atom. The number of aryl methyl sites for hydroxylation is 1. The van der Waals surface area contributed by atoms with Gasteiger partial charge in [-0.05, 0) is 37.1 Å². The van der Waals surface area contributed by atoms with Crippen LogP contribution in [0.15, 0.2) is 47.1 Å². The van der Waals surface area contributed by atoms with Gasteiger partial charge in [-0.25, -0.2) is 13.4 Å². The maximum absolute atomic E-state index is 12.9. The maximum Gasteiger partial charge on any atom is 0.277 e. The molecular formula is C20H18N4O4S2. The van der Waals surface area contributed by atoms with E-state index in [1.165, 1.54) is 17.6 Å². The van der Waals surface area contributed by atoms with Gasteiger partial charge in [-0.15, -0.1) is 0 Å². The van der Waals surface area contributed by atoms with Gasteiger partial charge in [0.2, 0.25) is 0 Å². The first-order valence-electron chi connectivity index (χ1n) is 9.41. The molecule has 1 aliphatic heterocycles. The Labute approximate surface area is 176 Å². The number of aromatic nitrogens is 3. The van der Waals surface area contributed by atoms with Crippen molar-refractivity contribution in [3.8, 4) is 11.5 Å². The standard InChI is InChI=1S/C20H18N4O4S2/c1-12-4-2-6-17-18(12)21-20(29-17)22-19(25)14-10-15(16-5-3-8-28-16)24(23-14)13-7-9-30(26,27)11-13/h2-6,8,10,13H,7,9,11H2,1H3,(H,21,22,25). The molecule has 1 atom stereocenters. The van der Waals surface area contributed by atoms with Crippen molar-refractivity contribution in [1.29, 1.82) is 0 Å². The first-order chi connectivity index (χ1) is 14.4. The molecule has 30 heavy (non-hydrogen) atoms. The lowest BCUT2D eigenvalue weighted by atomic mass is 10.2. The highest BCUT2D eigenvalue weighted by molar-refractivity contribution is 7.91. The fourth-order valence-corrected chi connectivity index (χ4v) is 6.29. The molecule has 10 heteroatoms. The lowest BCUT2D eigenvalue weighted by molar-refractivity contribution is 0.102. The topological polar surface area (TPSA) is 107 Å². The van der Waals surface area contributed by atoms with Gasteiger partial charge in [-0.3, -0.25) is 14.8 Å². The minimum atomic E-state index is -3.11. The van der Waals surface area contributed by atoms with E-state index >= 15 is 0 Å². The highest BCUT2D eigenvalue weighted by Gasteiger charge is 2.32. The van der Waals surface area contributed by atoms with E-state index in [0.717, 1.165) is 15.8 Å². The van der Waals surface area contributed by atoms with Gasteiger partial charge in [0.05, 0.1) is 34.0 Å². The van der Waals surface area contributed by atoms with Crippen LogP contribution in [0, 0.1) is 6.92 Å². The van der Waals surface area contributed by atoms with Crippen LogP contribution in [-0.4, -0.2) is 40.6 Å². The van der Waals surface area contributed by atoms with Crippen molar-refractivity contribution in [2.75, 3.05) is 16.8 Å². The van der Waals surface area contributed by atoms with Crippen molar-refractivity contribution in [3.05, 3.63) is 53.9 Å². The monoisotopic (exact) mass is 442 g/mol. The number of thiazole rings is 1. The number of amides is 1. The van der Waals surface area contributed by atoms with Gasteiger partial charge in [0, 0.05) is 6.07 Å². The van der Waals surface area contributed by atoms with Crippen molar-refractivity contribution in [1.82, 2.24) is 14.8 Å². The summed E-state index contributed by atoms with van der Waals surface area (Å²) in [5.74, 6) is 0.239. The van der Waals surface area contributed by atoms with E-state index in [9.17, 15) is 13.2 Å². The molecule has 0 saturated carbocycles. The molecular weight excluding hydrogens is 424 g/mol. The maximum atomic E-state index is 12.9. The zero-order valence-corrected chi connectivity index (χ0v) is 17.7. The third-order valence-electron chi connectivity index (χ3n) is 5.14. The van der Waals surface area contributed by atoms with Crippen LogP contribution in [0.3, 0.4) is 0 Å². The van der Waals surface area contributed by atoms with Gasteiger partial charge in [0.25, 0.3) is 5.91 Å². The van der Waals surface area contributed by atoms with Gasteiger partial charge in [-0.1, -0.05) is 23.5 Å². The Morgan fingerprint density at radius 2 is 2.17 bits per heavy atom. The lowest BCUT2D eigenvalue weighted by Gasteiger charge is -2.11. The number of furan rings is 1. The van der Waals surface area contributed by atoms with Crippen molar-refractivity contribution >= 4 is 42.4 Å². The highest BCUT2D eigenvalue weighted by atomic mass is 32.2. The van der Waals surface area contributed by atoms with Crippen LogP contribution in [-0.2, 0) is 9.84 Å². The quantitative estimate of drug-likeness (QED) is 0.517. The molecule has 1 unspecified atom stereocenters. The third kappa shape index (κ3) is 3.41. The Bertz CT molecular complexity index is 1350. The molecule has 4 aromatic rings. The lowest BCUT2D eigenvalue weighted by Crippen LogP contribution is -2.16. The molecule has 154 valence electrons. The van der Waals surface area contributed by atoms with Crippen molar-refractivity contribution < 1.29 is 17.6 Å². The summed E-state index contributed by atoms with van der Waals surface area (Å²) in [6.07, 6.45) is 1.98. The molecule has 1 aliphatic rings. The van der Waals surface area contributed by atoms with Crippen LogP contribution >= 0.6 is 11.3 Å². The molecule has 8 nitrogen and oxygen atoms in total. The number of nitrogens with one attached hydrogen (secondary N) is 1. The van der Waals surface area contributed by atoms with E-state index in [1.54, 1.807) is 22.9 Å². The number of benzene rings is 1. The summed E-state index contributed by atoms with van der Waals surface area (Å²) in [5, 5.41) is 7.74. The average Bonchev–Trinajstić information content (AvgIpc) is 3.46. The van der Waals surface area contributed by atoms with E-state index in [1.807, 2.05) is 25.1 Å². The number of nitrogens with zero attached hydrogens (tertiary/aromatic N) is 3. The van der Waals surface area contributed by atoms with E-state index in [2.05, 4.69) is 15.4 Å². The fraction of sp³-hybridized carbons (Fsp3) is 0.250. The minimum Gasteiger partial charge on any atom is -0.463 e. The largest absolute Gasteiger partial charge is 0.463 e. The second kappa shape index (κ2) is 7.06. The van der Waals surface area contributed by atoms with Gasteiger partial charge in [0.1, 0.15) is 5.69 Å². The van der Waals surface area contributed by atoms with E-state index in [0.29, 0.717) is 23.0 Å². The summed E-state index contributed by atoms with van der Waals surface area (Å²) < 4.78 is 32.0. The van der Waals surface area contributed by atoms with Gasteiger partial charge < -0.3 is 4.42 Å². The number of rotatable bonds is 4. The summed E-state index contributed by atoms with van der Waals surface area (Å²) in [4.78, 5) is 17.4. The molecule has 0 aliphatic carbocycles. The number of fused-ring (bicyclic) bond motifs is 1. The van der Waals surface area contributed by atoms with Gasteiger partial charge in [-0.2, -0.15) is 5.10 Å². The third-order valence-corrected chi connectivity index (χ3v) is 7.82. The normalized spacial score (nSPS) is 18.1. The van der Waals surface area contributed by atoms with Crippen LogP contribution in [0.1, 0.15) is 28.5 Å². The number of carbonyl (C=O) groups excluding carboxylic acids is 1. The predicted molar refractivity (Wildman–Crippen MR) is 115 cm³/mol. The van der Waals surface area contributed by atoms with Gasteiger partial charge in [0.15, 0.2) is 26.4 Å². The molecule has 1 aromatic carbocycles. The molecule has 0 spiro atoms. The molecule has 5 rings (SSSR count). The summed E-state index contributed by atoms with van der Waals surface area (Å²) in [7, 11) is -3.11. The van der Waals surface area contributed by atoms with Crippen LogP contribution in [0.25, 0.3) is 21.7 Å². The Kier molecular flexibility index (Phi) is 4.48. The number of anilines is 1. The molecule has 0 bridgehead atoms. The zero-order chi connectivity index (χ0) is 20.9. The molecule has 1 saturated heterocycles. The average molecular weight is 443 g/mol. The summed E-state index contributed by atoms with van der Waals surface area (Å²) >= 11 is 1.39. The first-order valence-corrected chi connectivity index (χ1v) is 12.0. The smallest absolute Gasteiger partial charge is 0.277 e. The molecule has 4 heterocycles. The molecule has 3 aromatic heterocycles. The van der Waals surface area contributed by atoms with Gasteiger partial charge >= 0.3 is 0 Å². The Balaban J connectivity index is 1.48. The fourth-order valence-electron chi connectivity index (χ4n) is 3.66. The second-order valence-electron chi connectivity index (χ2n) is 7.29. The van der Waals surface area contributed by atoms with Crippen LogP contribution < -0.4 is 5.32 Å². The van der Waals surface area contributed by atoms with E-state index in [4.69, 9.17) is 4.42 Å². The molecule has 1 N–H and O–H groups in total. The van der Waals surface area contributed by atoms with Crippen molar-refractivity contribution in [3.63, 3.8) is 0 Å². The zero-order valence-electron chi connectivity index (χ0n) is 16.0. The molecule has 1 fully saturated rings. The molecule has 1 amide bonds. The van der Waals surface area contributed by atoms with Crippen molar-refractivity contribution in [2.24, 2.45) is 0 Å². The minimum absolute atomic E-state index is 0.000589. The van der Waals surface area contributed by atoms with Crippen LogP contribution in [0.5, 0.6) is 0 Å². The number of para-hydroxylation sites is 1. The summed E-state index contributed by atoms with van der Waals surface area (Å²) in [6, 6.07) is 10.7. The molecule has 0 radical (unpaired) electrons. The van der Waals surface area contributed by atoms with E-state index < -0.39 is 15.7 Å². The first kappa shape index (κ1) is 19.0. The highest BCUT2D eigenvalue weighted by Crippen LogP contribution is 2.31. The summed E-state index contributed by atoms with van der Waals surface area (Å²) in [6.45, 7) is 1.97. The van der Waals surface area contributed by atoms with Crippen molar-refractivity contribution in [2.45, 2.75) is 19.4 Å². The Hall–Kier alpha value is -2.98. The number of sulfone groups is 1. The second-order valence-corrected chi connectivity index (χ2v) is 10.5. The summed E-state index contributed by atoms with van der Waals surface area (Å²) in [5.41, 5.74) is 2.65. The SMILES string of the molecule is Cc1cccc2sc(NC(=O)c3cc(-c4ccco4)n(C4CCS(=O)(=O)C4)n3)nc12. The predicted octanol–water partition coefficient (Wildman–Crippen LogP) is 3.67.